The van der Waals surface area contributed by atoms with E-state index in [-0.39, 0.29) is 0 Å². The summed E-state index contributed by atoms with van der Waals surface area (Å²) in [5.74, 6) is -3.19. The van der Waals surface area contributed by atoms with Crippen LogP contribution in [0, 0.1) is 11.6 Å². The van der Waals surface area contributed by atoms with E-state index in [9.17, 15) is 22.0 Å². The van der Waals surface area contributed by atoms with Crippen molar-refractivity contribution in [2.45, 2.75) is 10.9 Å². The van der Waals surface area contributed by atoms with E-state index in [0.29, 0.717) is 18.2 Å². The predicted octanol–water partition coefficient (Wildman–Crippen LogP) is -0.223. The van der Waals surface area contributed by atoms with E-state index in [1.54, 1.807) is 4.72 Å². The molecule has 1 aromatic carbocycles. The van der Waals surface area contributed by atoms with Crippen LogP contribution >= 0.6 is 0 Å². The van der Waals surface area contributed by atoms with Crippen molar-refractivity contribution < 1.29 is 31.8 Å². The highest BCUT2D eigenvalue weighted by Gasteiger charge is 2.26. The van der Waals surface area contributed by atoms with E-state index < -0.39 is 45.2 Å². The smallest absolute Gasteiger partial charge is 0.326 e. The van der Waals surface area contributed by atoms with Crippen LogP contribution in [0.1, 0.15) is 0 Å². The Morgan fingerprint density at radius 2 is 1.89 bits per heavy atom. The molecule has 2 N–H and O–H groups in total. The SMILES string of the molecule is COC(=O)C(CO)NS(=O)(=O)c1cc(F)cc(F)c1. The number of hydrogen-bond donors (Lipinski definition) is 2. The molecule has 0 bridgehead atoms. The average molecular weight is 295 g/mol. The molecule has 1 rings (SSSR count). The molecule has 106 valence electrons. The molecular weight excluding hydrogens is 284 g/mol. The van der Waals surface area contributed by atoms with Crippen molar-refractivity contribution in [2.24, 2.45) is 0 Å². The molecular formula is C10H11F2NO5S. The Morgan fingerprint density at radius 1 is 1.37 bits per heavy atom. The zero-order valence-corrected chi connectivity index (χ0v) is 10.6. The zero-order chi connectivity index (χ0) is 14.6. The van der Waals surface area contributed by atoms with Gasteiger partial charge in [-0.25, -0.2) is 17.2 Å². The topological polar surface area (TPSA) is 92.7 Å². The second-order valence-electron chi connectivity index (χ2n) is 3.48. The van der Waals surface area contributed by atoms with Crippen molar-refractivity contribution >= 4 is 16.0 Å². The van der Waals surface area contributed by atoms with Gasteiger partial charge >= 0.3 is 5.97 Å². The summed E-state index contributed by atoms with van der Waals surface area (Å²) in [7, 11) is -3.36. The second-order valence-corrected chi connectivity index (χ2v) is 5.20. The highest BCUT2D eigenvalue weighted by atomic mass is 32.2. The monoisotopic (exact) mass is 295 g/mol. The number of benzene rings is 1. The first-order valence-electron chi connectivity index (χ1n) is 4.97. The largest absolute Gasteiger partial charge is 0.468 e. The van der Waals surface area contributed by atoms with E-state index in [0.717, 1.165) is 7.11 Å². The summed E-state index contributed by atoms with van der Waals surface area (Å²) in [4.78, 5) is 10.4. The third kappa shape index (κ3) is 3.94. The van der Waals surface area contributed by atoms with Gasteiger partial charge in [-0.15, -0.1) is 0 Å². The number of aliphatic hydroxyl groups is 1. The molecule has 0 aliphatic carbocycles. The van der Waals surface area contributed by atoms with Crippen molar-refractivity contribution in [2.75, 3.05) is 13.7 Å². The fourth-order valence-corrected chi connectivity index (χ4v) is 2.46. The molecule has 1 unspecified atom stereocenters. The molecule has 0 amide bonds. The van der Waals surface area contributed by atoms with Crippen molar-refractivity contribution in [1.29, 1.82) is 0 Å². The average Bonchev–Trinajstić information content (AvgIpc) is 2.34. The molecule has 0 aromatic heterocycles. The van der Waals surface area contributed by atoms with Gasteiger partial charge in [0.25, 0.3) is 0 Å². The van der Waals surface area contributed by atoms with Crippen LogP contribution < -0.4 is 4.72 Å². The summed E-state index contributed by atoms with van der Waals surface area (Å²) >= 11 is 0. The van der Waals surface area contributed by atoms with Crippen LogP contribution in [0.15, 0.2) is 23.1 Å². The number of esters is 1. The first kappa shape index (κ1) is 15.5. The van der Waals surface area contributed by atoms with Crippen LogP contribution in [-0.4, -0.2) is 39.3 Å². The van der Waals surface area contributed by atoms with E-state index in [4.69, 9.17) is 5.11 Å². The Kier molecular flexibility index (Phi) is 4.92. The molecule has 0 saturated carbocycles. The number of carbonyl (C=O) groups is 1. The number of carbonyl (C=O) groups excluding carboxylic acids is 1. The number of methoxy groups -OCH3 is 1. The van der Waals surface area contributed by atoms with Gasteiger partial charge in [-0.05, 0) is 12.1 Å². The second kappa shape index (κ2) is 6.04. The normalized spacial score (nSPS) is 13.1. The van der Waals surface area contributed by atoms with Gasteiger partial charge < -0.3 is 9.84 Å². The summed E-state index contributed by atoms with van der Waals surface area (Å²) in [6, 6.07) is 0.109. The summed E-state index contributed by atoms with van der Waals surface area (Å²) in [5.41, 5.74) is 0. The summed E-state index contributed by atoms with van der Waals surface area (Å²) < 4.78 is 55.4. The molecule has 1 aromatic rings. The number of hydrogen-bond acceptors (Lipinski definition) is 5. The summed E-state index contributed by atoms with van der Waals surface area (Å²) in [6.07, 6.45) is 0. The van der Waals surface area contributed by atoms with Gasteiger partial charge in [0, 0.05) is 6.07 Å². The molecule has 0 spiro atoms. The maximum absolute atomic E-state index is 12.9. The lowest BCUT2D eigenvalue weighted by atomic mass is 10.3. The van der Waals surface area contributed by atoms with Crippen LogP contribution in [0.25, 0.3) is 0 Å². The van der Waals surface area contributed by atoms with E-state index in [1.807, 2.05) is 0 Å². The number of aliphatic hydroxyl groups excluding tert-OH is 1. The van der Waals surface area contributed by atoms with E-state index in [1.165, 1.54) is 0 Å². The maximum Gasteiger partial charge on any atom is 0.326 e. The standard InChI is InChI=1S/C10H11F2NO5S/c1-18-10(15)9(5-14)13-19(16,17)8-3-6(11)2-7(12)4-8/h2-4,9,13-14H,5H2,1H3. The van der Waals surface area contributed by atoms with Crippen molar-refractivity contribution in [3.05, 3.63) is 29.8 Å². The first-order valence-corrected chi connectivity index (χ1v) is 6.45. The molecule has 0 radical (unpaired) electrons. The first-order chi connectivity index (χ1) is 8.80. The molecule has 0 saturated heterocycles. The van der Waals surface area contributed by atoms with E-state index >= 15 is 0 Å². The quantitative estimate of drug-likeness (QED) is 0.732. The van der Waals surface area contributed by atoms with Crippen LogP contribution in [-0.2, 0) is 19.6 Å². The van der Waals surface area contributed by atoms with Gasteiger partial charge in [-0.2, -0.15) is 4.72 Å². The predicted molar refractivity (Wildman–Crippen MR) is 59.6 cm³/mol. The third-order valence-corrected chi connectivity index (χ3v) is 3.56. The molecule has 1 atom stereocenters. The third-order valence-electron chi connectivity index (χ3n) is 2.11. The Bertz CT molecular complexity index is 555. The van der Waals surface area contributed by atoms with E-state index in [2.05, 4.69) is 4.74 Å². The summed E-state index contributed by atoms with van der Waals surface area (Å²) in [6.45, 7) is -0.857. The molecule has 6 nitrogen and oxygen atoms in total. The van der Waals surface area contributed by atoms with Crippen LogP contribution in [0.5, 0.6) is 0 Å². The van der Waals surface area contributed by atoms with Gasteiger partial charge in [0.1, 0.15) is 17.7 Å². The van der Waals surface area contributed by atoms with Crippen LogP contribution in [0.4, 0.5) is 8.78 Å². The van der Waals surface area contributed by atoms with Crippen LogP contribution in [0.2, 0.25) is 0 Å². The summed E-state index contributed by atoms with van der Waals surface area (Å²) in [5, 5.41) is 8.87. The molecule has 0 heterocycles. The van der Waals surface area contributed by atoms with Gasteiger partial charge in [0.15, 0.2) is 0 Å². The minimum atomic E-state index is -4.36. The highest BCUT2D eigenvalue weighted by Crippen LogP contribution is 2.14. The molecule has 0 fully saturated rings. The number of nitrogens with one attached hydrogen (secondary N) is 1. The number of sulfonamides is 1. The van der Waals surface area contributed by atoms with Crippen molar-refractivity contribution in [1.82, 2.24) is 4.72 Å². The molecule has 9 heteroatoms. The lowest BCUT2D eigenvalue weighted by Gasteiger charge is -2.14. The van der Waals surface area contributed by atoms with Gasteiger partial charge in [-0.3, -0.25) is 4.79 Å². The molecule has 0 aliphatic rings. The van der Waals surface area contributed by atoms with Gasteiger partial charge in [0.2, 0.25) is 10.0 Å². The number of halogens is 2. The van der Waals surface area contributed by atoms with Gasteiger partial charge in [0.05, 0.1) is 18.6 Å². The molecule has 19 heavy (non-hydrogen) atoms. The fourth-order valence-electron chi connectivity index (χ4n) is 1.24. The Hall–Kier alpha value is -1.58. The minimum absolute atomic E-state index is 0.503. The minimum Gasteiger partial charge on any atom is -0.468 e. The lowest BCUT2D eigenvalue weighted by molar-refractivity contribution is -0.143. The highest BCUT2D eigenvalue weighted by molar-refractivity contribution is 7.89. The Balaban J connectivity index is 3.07. The Morgan fingerprint density at radius 3 is 2.32 bits per heavy atom. The molecule has 0 aliphatic heterocycles. The number of rotatable bonds is 5. The van der Waals surface area contributed by atoms with Crippen LogP contribution in [0.3, 0.4) is 0 Å². The Labute approximate surface area is 108 Å². The lowest BCUT2D eigenvalue weighted by Crippen LogP contribution is -2.43. The van der Waals surface area contributed by atoms with Crippen molar-refractivity contribution in [3.8, 4) is 0 Å². The fraction of sp³-hybridized carbons (Fsp3) is 0.300. The maximum atomic E-state index is 12.9. The zero-order valence-electron chi connectivity index (χ0n) is 9.76. The number of ether oxygens (including phenoxy) is 1. The van der Waals surface area contributed by atoms with Gasteiger partial charge in [-0.1, -0.05) is 0 Å². The van der Waals surface area contributed by atoms with Crippen molar-refractivity contribution in [3.63, 3.8) is 0 Å².